The lowest BCUT2D eigenvalue weighted by Gasteiger charge is -2.39. The second-order valence-electron chi connectivity index (χ2n) is 9.15. The molecule has 1 N–H and O–H groups in total. The molecule has 1 aromatic carbocycles. The van der Waals surface area contributed by atoms with E-state index in [-0.39, 0.29) is 23.1 Å². The van der Waals surface area contributed by atoms with Crippen molar-refractivity contribution in [2.45, 2.75) is 50.4 Å². The van der Waals surface area contributed by atoms with Crippen molar-refractivity contribution in [3.05, 3.63) is 54.1 Å². The number of benzene rings is 1. The van der Waals surface area contributed by atoms with Crippen LogP contribution in [0.25, 0.3) is 5.65 Å². The molecule has 1 aliphatic carbocycles. The smallest absolute Gasteiger partial charge is 0.223 e. The first-order chi connectivity index (χ1) is 15.6. The average Bonchev–Trinajstić information content (AvgIpc) is 3.32. The van der Waals surface area contributed by atoms with E-state index in [2.05, 4.69) is 25.5 Å². The Morgan fingerprint density at radius 3 is 2.56 bits per heavy atom. The fraction of sp³-hybridized carbons (Fsp3) is 0.500. The van der Waals surface area contributed by atoms with Crippen molar-refractivity contribution in [2.75, 3.05) is 24.5 Å². The van der Waals surface area contributed by atoms with Crippen LogP contribution in [0.2, 0.25) is 0 Å². The van der Waals surface area contributed by atoms with E-state index in [0.29, 0.717) is 6.54 Å². The van der Waals surface area contributed by atoms with Crippen LogP contribution in [0.5, 0.6) is 0 Å². The van der Waals surface area contributed by atoms with Crippen LogP contribution in [0.3, 0.4) is 0 Å². The number of carbonyl (C=O) groups excluding carboxylic acids is 1. The molecule has 32 heavy (non-hydrogen) atoms. The molecule has 5 rings (SSSR count). The first-order valence-corrected chi connectivity index (χ1v) is 11.6. The summed E-state index contributed by atoms with van der Waals surface area (Å²) in [6.45, 7) is 2.22. The number of piperidine rings is 1. The van der Waals surface area contributed by atoms with E-state index in [0.717, 1.165) is 68.6 Å². The van der Waals surface area contributed by atoms with Gasteiger partial charge >= 0.3 is 0 Å². The van der Waals surface area contributed by atoms with E-state index in [1.54, 1.807) is 10.8 Å². The molecule has 1 saturated carbocycles. The normalized spacial score (nSPS) is 19.2. The molecule has 0 spiro atoms. The van der Waals surface area contributed by atoms with Crippen molar-refractivity contribution in [1.29, 1.82) is 0 Å². The highest BCUT2D eigenvalue weighted by Gasteiger charge is 2.35. The summed E-state index contributed by atoms with van der Waals surface area (Å²) in [5.41, 5.74) is 1.78. The lowest BCUT2D eigenvalue weighted by atomic mass is 9.69. The molecular formula is C24H29FN6O. The van der Waals surface area contributed by atoms with Crippen molar-refractivity contribution in [1.82, 2.24) is 25.1 Å². The van der Waals surface area contributed by atoms with Crippen molar-refractivity contribution < 1.29 is 9.18 Å². The number of halogens is 1. The summed E-state index contributed by atoms with van der Waals surface area (Å²) in [7, 11) is 0. The number of anilines is 1. The number of hydrogen-bond acceptors (Lipinski definition) is 5. The predicted octanol–water partition coefficient (Wildman–Crippen LogP) is 3.50. The highest BCUT2D eigenvalue weighted by Crippen LogP contribution is 2.39. The number of aromatic nitrogens is 4. The number of amides is 1. The summed E-state index contributed by atoms with van der Waals surface area (Å²) in [6, 6.07) is 10.7. The molecule has 0 bridgehead atoms. The van der Waals surface area contributed by atoms with Crippen LogP contribution in [-0.2, 0) is 10.2 Å². The summed E-state index contributed by atoms with van der Waals surface area (Å²) in [6.07, 6.45) is 8.80. The van der Waals surface area contributed by atoms with Crippen LogP contribution in [0, 0.1) is 11.7 Å². The van der Waals surface area contributed by atoms with Gasteiger partial charge in [0.1, 0.15) is 18.0 Å². The molecule has 7 nitrogen and oxygen atoms in total. The summed E-state index contributed by atoms with van der Waals surface area (Å²) in [5, 5.41) is 15.7. The van der Waals surface area contributed by atoms with Crippen molar-refractivity contribution in [3.63, 3.8) is 0 Å². The average molecular weight is 437 g/mol. The summed E-state index contributed by atoms with van der Waals surface area (Å²) >= 11 is 0. The second-order valence-corrected chi connectivity index (χ2v) is 9.15. The summed E-state index contributed by atoms with van der Waals surface area (Å²) in [4.78, 5) is 15.2. The van der Waals surface area contributed by atoms with Crippen LogP contribution in [-0.4, -0.2) is 45.4 Å². The molecule has 168 valence electrons. The minimum absolute atomic E-state index is 0.0127. The van der Waals surface area contributed by atoms with E-state index in [1.807, 2.05) is 24.3 Å². The topological polar surface area (TPSA) is 75.4 Å². The van der Waals surface area contributed by atoms with Gasteiger partial charge in [0.15, 0.2) is 5.65 Å². The van der Waals surface area contributed by atoms with Crippen molar-refractivity contribution >= 4 is 17.4 Å². The molecule has 1 aliphatic heterocycles. The molecule has 0 atom stereocenters. The van der Waals surface area contributed by atoms with Gasteiger partial charge in [-0.3, -0.25) is 4.79 Å². The van der Waals surface area contributed by atoms with Gasteiger partial charge in [-0.25, -0.2) is 4.39 Å². The molecule has 3 aromatic rings. The number of carbonyl (C=O) groups is 1. The highest BCUT2D eigenvalue weighted by molar-refractivity contribution is 5.79. The Bertz CT molecular complexity index is 1070. The molecule has 2 aliphatic rings. The number of hydrogen-bond donors (Lipinski definition) is 1. The molecule has 1 saturated heterocycles. The Balaban J connectivity index is 1.20. The molecule has 1 amide bonds. The van der Waals surface area contributed by atoms with E-state index in [4.69, 9.17) is 0 Å². The van der Waals surface area contributed by atoms with Gasteiger partial charge in [0.25, 0.3) is 0 Å². The van der Waals surface area contributed by atoms with Gasteiger partial charge in [0.05, 0.1) is 0 Å². The SMILES string of the molecule is O=C(NCC1(c2ccc(F)cc2)CCCCC1)C1CCN(c2ccc3nncn3n2)CC1. The molecule has 2 fully saturated rings. The lowest BCUT2D eigenvalue weighted by molar-refractivity contribution is -0.125. The lowest BCUT2D eigenvalue weighted by Crippen LogP contribution is -2.46. The van der Waals surface area contributed by atoms with Gasteiger partial charge < -0.3 is 10.2 Å². The maximum absolute atomic E-state index is 13.5. The van der Waals surface area contributed by atoms with E-state index >= 15 is 0 Å². The molecule has 3 heterocycles. The standard InChI is InChI=1S/C24H29FN6O/c25-20-6-4-19(5-7-20)24(12-2-1-3-13-24)16-26-23(32)18-10-14-30(15-11-18)22-9-8-21-28-27-17-31(21)29-22/h4-9,17-18H,1-3,10-16H2,(H,26,32). The zero-order chi connectivity index (χ0) is 22.0. The van der Waals surface area contributed by atoms with Crippen LogP contribution in [0.1, 0.15) is 50.5 Å². The molecule has 0 unspecified atom stereocenters. The molecule has 2 aromatic heterocycles. The zero-order valence-electron chi connectivity index (χ0n) is 18.2. The minimum Gasteiger partial charge on any atom is -0.355 e. The van der Waals surface area contributed by atoms with E-state index < -0.39 is 0 Å². The Kier molecular flexibility index (Phi) is 5.76. The largest absolute Gasteiger partial charge is 0.355 e. The van der Waals surface area contributed by atoms with Gasteiger partial charge in [0, 0.05) is 31.0 Å². The first-order valence-electron chi connectivity index (χ1n) is 11.6. The van der Waals surface area contributed by atoms with Crippen molar-refractivity contribution in [2.24, 2.45) is 5.92 Å². The minimum atomic E-state index is -0.214. The van der Waals surface area contributed by atoms with Crippen LogP contribution < -0.4 is 10.2 Å². The Labute approximate surface area is 187 Å². The van der Waals surface area contributed by atoms with E-state index in [9.17, 15) is 9.18 Å². The number of rotatable bonds is 5. The Hall–Kier alpha value is -3.03. The Morgan fingerprint density at radius 2 is 1.81 bits per heavy atom. The first kappa shape index (κ1) is 20.8. The number of nitrogens with zero attached hydrogens (tertiary/aromatic N) is 5. The van der Waals surface area contributed by atoms with Crippen LogP contribution >= 0.6 is 0 Å². The van der Waals surface area contributed by atoms with Crippen LogP contribution in [0.15, 0.2) is 42.7 Å². The molecule has 0 radical (unpaired) electrons. The third-order valence-corrected chi connectivity index (χ3v) is 7.21. The van der Waals surface area contributed by atoms with Gasteiger partial charge in [0.2, 0.25) is 5.91 Å². The molecule has 8 heteroatoms. The third kappa shape index (κ3) is 4.18. The maximum Gasteiger partial charge on any atom is 0.223 e. The number of fused-ring (bicyclic) bond motifs is 1. The fourth-order valence-electron chi connectivity index (χ4n) is 5.26. The monoisotopic (exact) mass is 436 g/mol. The third-order valence-electron chi connectivity index (χ3n) is 7.21. The van der Waals surface area contributed by atoms with Gasteiger partial charge in [-0.2, -0.15) is 4.52 Å². The second kappa shape index (κ2) is 8.84. The number of nitrogens with one attached hydrogen (secondary N) is 1. The van der Waals surface area contributed by atoms with Gasteiger partial charge in [-0.05, 0) is 55.5 Å². The van der Waals surface area contributed by atoms with Crippen molar-refractivity contribution in [3.8, 4) is 0 Å². The summed E-state index contributed by atoms with van der Waals surface area (Å²) in [5.74, 6) is 0.819. The zero-order valence-corrected chi connectivity index (χ0v) is 18.2. The quantitative estimate of drug-likeness (QED) is 0.663. The fourth-order valence-corrected chi connectivity index (χ4v) is 5.26. The summed E-state index contributed by atoms with van der Waals surface area (Å²) < 4.78 is 15.1. The Morgan fingerprint density at radius 1 is 1.06 bits per heavy atom. The molecular weight excluding hydrogens is 407 g/mol. The van der Waals surface area contributed by atoms with Crippen LogP contribution in [0.4, 0.5) is 10.2 Å². The maximum atomic E-state index is 13.5. The van der Waals surface area contributed by atoms with Gasteiger partial charge in [-0.1, -0.05) is 31.4 Å². The van der Waals surface area contributed by atoms with E-state index in [1.165, 1.54) is 18.6 Å². The highest BCUT2D eigenvalue weighted by atomic mass is 19.1. The van der Waals surface area contributed by atoms with Gasteiger partial charge in [-0.15, -0.1) is 15.3 Å². The predicted molar refractivity (Wildman–Crippen MR) is 120 cm³/mol.